The topological polar surface area (TPSA) is 24.5 Å². The van der Waals surface area contributed by atoms with Gasteiger partial charge >= 0.3 is 0 Å². The van der Waals surface area contributed by atoms with Gasteiger partial charge in [0.1, 0.15) is 0 Å². The predicted molar refractivity (Wildman–Crippen MR) is 59.6 cm³/mol. The van der Waals surface area contributed by atoms with Gasteiger partial charge in [-0.1, -0.05) is 20.8 Å². The molecule has 2 atom stereocenters. The predicted octanol–water partition coefficient (Wildman–Crippen LogP) is 1.10. The van der Waals surface area contributed by atoms with Crippen molar-refractivity contribution in [2.75, 3.05) is 32.8 Å². The van der Waals surface area contributed by atoms with Gasteiger partial charge in [-0.3, -0.25) is 4.90 Å². The second kappa shape index (κ2) is 6.38. The first-order chi connectivity index (χ1) is 6.83. The normalized spacial score (nSPS) is 28.3. The van der Waals surface area contributed by atoms with Crippen LogP contribution in [-0.4, -0.2) is 49.8 Å². The molecule has 1 aliphatic heterocycles. The van der Waals surface area contributed by atoms with E-state index >= 15 is 0 Å². The summed E-state index contributed by atoms with van der Waals surface area (Å²) >= 11 is 0. The first kappa shape index (κ1) is 12.0. The highest BCUT2D eigenvalue weighted by Gasteiger charge is 2.28. The van der Waals surface area contributed by atoms with E-state index in [4.69, 9.17) is 4.74 Å². The molecule has 0 spiro atoms. The second-order valence-corrected chi connectivity index (χ2v) is 3.82. The zero-order valence-electron chi connectivity index (χ0n) is 9.75. The Hall–Kier alpha value is -0.120. The van der Waals surface area contributed by atoms with E-state index in [1.807, 2.05) is 0 Å². The van der Waals surface area contributed by atoms with Crippen LogP contribution in [-0.2, 0) is 4.74 Å². The van der Waals surface area contributed by atoms with Gasteiger partial charge in [-0.05, 0) is 26.1 Å². The summed E-state index contributed by atoms with van der Waals surface area (Å²) in [7, 11) is 0. The van der Waals surface area contributed by atoms with Gasteiger partial charge < -0.3 is 10.1 Å². The molecule has 1 saturated heterocycles. The Bertz CT molecular complexity index is 146. The Labute approximate surface area is 87.8 Å². The third-order valence-electron chi connectivity index (χ3n) is 3.07. The standard InChI is InChI=1S/C11H24N2O/c1-4-12-10-7-8-14-9-11(10)13(5-2)6-3/h10-12H,4-9H2,1-3H3. The van der Waals surface area contributed by atoms with E-state index in [1.165, 1.54) is 0 Å². The molecule has 3 nitrogen and oxygen atoms in total. The lowest BCUT2D eigenvalue weighted by molar-refractivity contribution is 0.000777. The smallest absolute Gasteiger partial charge is 0.0637 e. The Morgan fingerprint density at radius 3 is 2.57 bits per heavy atom. The second-order valence-electron chi connectivity index (χ2n) is 3.82. The van der Waals surface area contributed by atoms with E-state index in [0.29, 0.717) is 12.1 Å². The summed E-state index contributed by atoms with van der Waals surface area (Å²) in [6.45, 7) is 11.7. The average molecular weight is 200 g/mol. The molecular formula is C11H24N2O. The van der Waals surface area contributed by atoms with Crippen LogP contribution in [0.2, 0.25) is 0 Å². The monoisotopic (exact) mass is 200 g/mol. The number of hydrogen-bond acceptors (Lipinski definition) is 3. The molecule has 0 radical (unpaired) electrons. The van der Waals surface area contributed by atoms with Crippen LogP contribution in [0.15, 0.2) is 0 Å². The third kappa shape index (κ3) is 2.94. The summed E-state index contributed by atoms with van der Waals surface area (Å²) in [6, 6.07) is 1.19. The summed E-state index contributed by atoms with van der Waals surface area (Å²) in [5.74, 6) is 0. The molecular weight excluding hydrogens is 176 g/mol. The zero-order valence-corrected chi connectivity index (χ0v) is 9.75. The van der Waals surface area contributed by atoms with Crippen LogP contribution in [0.1, 0.15) is 27.2 Å². The fourth-order valence-electron chi connectivity index (χ4n) is 2.28. The van der Waals surface area contributed by atoms with E-state index in [0.717, 1.165) is 39.3 Å². The summed E-state index contributed by atoms with van der Waals surface area (Å²) in [5.41, 5.74) is 0. The van der Waals surface area contributed by atoms with Crippen LogP contribution in [0, 0.1) is 0 Å². The number of hydrogen-bond donors (Lipinski definition) is 1. The van der Waals surface area contributed by atoms with Crippen molar-refractivity contribution in [3.05, 3.63) is 0 Å². The molecule has 0 aromatic carbocycles. The van der Waals surface area contributed by atoms with Crippen LogP contribution in [0.25, 0.3) is 0 Å². The van der Waals surface area contributed by atoms with Crippen molar-refractivity contribution < 1.29 is 4.74 Å². The summed E-state index contributed by atoms with van der Waals surface area (Å²) in [5, 5.41) is 3.56. The molecule has 0 aromatic heterocycles. The van der Waals surface area contributed by atoms with Gasteiger partial charge in [-0.2, -0.15) is 0 Å². The molecule has 1 heterocycles. The zero-order chi connectivity index (χ0) is 10.4. The molecule has 1 aliphatic rings. The molecule has 0 saturated carbocycles. The molecule has 84 valence electrons. The van der Waals surface area contributed by atoms with Gasteiger partial charge in [0, 0.05) is 18.7 Å². The van der Waals surface area contributed by atoms with Crippen LogP contribution < -0.4 is 5.32 Å². The third-order valence-corrected chi connectivity index (χ3v) is 3.07. The highest BCUT2D eigenvalue weighted by molar-refractivity contribution is 4.86. The molecule has 2 unspecified atom stereocenters. The summed E-state index contributed by atoms with van der Waals surface area (Å²) < 4.78 is 5.56. The van der Waals surface area contributed by atoms with Gasteiger partial charge in [0.05, 0.1) is 6.61 Å². The van der Waals surface area contributed by atoms with Gasteiger partial charge in [0.15, 0.2) is 0 Å². The van der Waals surface area contributed by atoms with Crippen LogP contribution >= 0.6 is 0 Å². The van der Waals surface area contributed by atoms with Crippen molar-refractivity contribution in [1.29, 1.82) is 0 Å². The number of nitrogens with one attached hydrogen (secondary N) is 1. The van der Waals surface area contributed by atoms with Crippen molar-refractivity contribution >= 4 is 0 Å². The minimum atomic E-state index is 0.568. The first-order valence-corrected chi connectivity index (χ1v) is 5.88. The Morgan fingerprint density at radius 1 is 1.29 bits per heavy atom. The minimum Gasteiger partial charge on any atom is -0.380 e. The highest BCUT2D eigenvalue weighted by atomic mass is 16.5. The maximum absolute atomic E-state index is 5.56. The molecule has 0 amide bonds. The molecule has 0 aliphatic carbocycles. The summed E-state index contributed by atoms with van der Waals surface area (Å²) in [4.78, 5) is 2.49. The Morgan fingerprint density at radius 2 is 2.00 bits per heavy atom. The number of rotatable bonds is 5. The Kier molecular flexibility index (Phi) is 5.45. The molecule has 0 bridgehead atoms. The van der Waals surface area contributed by atoms with E-state index < -0.39 is 0 Å². The van der Waals surface area contributed by atoms with E-state index in [1.54, 1.807) is 0 Å². The van der Waals surface area contributed by atoms with Crippen molar-refractivity contribution in [2.24, 2.45) is 0 Å². The fraction of sp³-hybridized carbons (Fsp3) is 1.00. The molecule has 0 aromatic rings. The van der Waals surface area contributed by atoms with Crippen molar-refractivity contribution in [1.82, 2.24) is 10.2 Å². The maximum Gasteiger partial charge on any atom is 0.0637 e. The van der Waals surface area contributed by atoms with Crippen molar-refractivity contribution in [2.45, 2.75) is 39.3 Å². The fourth-order valence-corrected chi connectivity index (χ4v) is 2.28. The molecule has 14 heavy (non-hydrogen) atoms. The lowest BCUT2D eigenvalue weighted by Crippen LogP contribution is -2.55. The van der Waals surface area contributed by atoms with E-state index in [2.05, 4.69) is 31.0 Å². The van der Waals surface area contributed by atoms with Crippen LogP contribution in [0.5, 0.6) is 0 Å². The molecule has 1 rings (SSSR count). The van der Waals surface area contributed by atoms with E-state index in [-0.39, 0.29) is 0 Å². The number of likely N-dealkylation sites (N-methyl/N-ethyl adjacent to an activating group) is 2. The minimum absolute atomic E-state index is 0.568. The summed E-state index contributed by atoms with van der Waals surface area (Å²) in [6.07, 6.45) is 1.15. The molecule has 3 heteroatoms. The van der Waals surface area contributed by atoms with Crippen LogP contribution in [0.4, 0.5) is 0 Å². The first-order valence-electron chi connectivity index (χ1n) is 5.88. The lowest BCUT2D eigenvalue weighted by Gasteiger charge is -2.39. The molecule has 1 fully saturated rings. The van der Waals surface area contributed by atoms with Gasteiger partial charge in [0.2, 0.25) is 0 Å². The van der Waals surface area contributed by atoms with Crippen molar-refractivity contribution in [3.8, 4) is 0 Å². The average Bonchev–Trinajstić information content (AvgIpc) is 2.23. The number of nitrogens with zero attached hydrogens (tertiary/aromatic N) is 1. The van der Waals surface area contributed by atoms with Crippen molar-refractivity contribution in [3.63, 3.8) is 0 Å². The van der Waals surface area contributed by atoms with Gasteiger partial charge in [0.25, 0.3) is 0 Å². The molecule has 1 N–H and O–H groups in total. The van der Waals surface area contributed by atoms with E-state index in [9.17, 15) is 0 Å². The SMILES string of the molecule is CCNC1CCOCC1N(CC)CC. The van der Waals surface area contributed by atoms with Gasteiger partial charge in [-0.15, -0.1) is 0 Å². The quantitative estimate of drug-likeness (QED) is 0.719. The van der Waals surface area contributed by atoms with Gasteiger partial charge in [-0.25, -0.2) is 0 Å². The number of ether oxygens (including phenoxy) is 1. The van der Waals surface area contributed by atoms with Crippen LogP contribution in [0.3, 0.4) is 0 Å². The Balaban J connectivity index is 2.51. The largest absolute Gasteiger partial charge is 0.380 e. The highest BCUT2D eigenvalue weighted by Crippen LogP contribution is 2.13. The lowest BCUT2D eigenvalue weighted by atomic mass is 10.0. The maximum atomic E-state index is 5.56.